The summed E-state index contributed by atoms with van der Waals surface area (Å²) in [5, 5.41) is 0. The van der Waals surface area contributed by atoms with Crippen LogP contribution >= 0.6 is 11.3 Å². The first-order valence-corrected chi connectivity index (χ1v) is 10.2. The molecule has 0 spiro atoms. The minimum absolute atomic E-state index is 0.0956. The number of rotatable bonds is 4. The van der Waals surface area contributed by atoms with E-state index in [1.54, 1.807) is 29.2 Å². The Kier molecular flexibility index (Phi) is 4.64. The third kappa shape index (κ3) is 3.47. The van der Waals surface area contributed by atoms with Crippen molar-refractivity contribution in [1.29, 1.82) is 0 Å². The molecule has 0 aliphatic carbocycles. The zero-order valence-corrected chi connectivity index (χ0v) is 15.3. The van der Waals surface area contributed by atoms with Gasteiger partial charge in [0.1, 0.15) is 4.21 Å². The Bertz CT molecular complexity index is 872. The molecule has 0 saturated carbocycles. The maximum absolute atomic E-state index is 12.5. The molecule has 0 radical (unpaired) electrons. The summed E-state index contributed by atoms with van der Waals surface area (Å²) in [4.78, 5) is 14.9. The van der Waals surface area contributed by atoms with Crippen molar-refractivity contribution in [1.82, 2.24) is 0 Å². The monoisotopic (exact) mass is 364 g/mol. The molecule has 0 bridgehead atoms. The zero-order valence-electron chi connectivity index (χ0n) is 13.7. The first-order valence-electron chi connectivity index (χ1n) is 7.87. The van der Waals surface area contributed by atoms with Gasteiger partial charge in [-0.05, 0) is 56.5 Å². The number of hydrogen-bond acceptors (Lipinski definition) is 4. The van der Waals surface area contributed by atoms with E-state index in [-0.39, 0.29) is 10.1 Å². The number of sulfonamides is 1. The van der Waals surface area contributed by atoms with E-state index in [0.29, 0.717) is 18.7 Å². The second-order valence-electron chi connectivity index (χ2n) is 5.97. The molecule has 1 aromatic carbocycles. The highest BCUT2D eigenvalue weighted by atomic mass is 32.2. The van der Waals surface area contributed by atoms with E-state index in [1.807, 2.05) is 19.9 Å². The average molecular weight is 364 g/mol. The summed E-state index contributed by atoms with van der Waals surface area (Å²) in [6.07, 6.45) is 2.43. The Morgan fingerprint density at radius 3 is 2.58 bits per heavy atom. The van der Waals surface area contributed by atoms with E-state index in [2.05, 4.69) is 4.72 Å². The van der Waals surface area contributed by atoms with Gasteiger partial charge in [-0.25, -0.2) is 8.42 Å². The average Bonchev–Trinajstić information content (AvgIpc) is 2.97. The number of piperidine rings is 1. The SMILES string of the molecule is Cc1ccc(S(=O)(=O)Nc2ccc(C)c(N3CCCCC3=O)c2)s1. The highest BCUT2D eigenvalue weighted by Crippen LogP contribution is 2.29. The van der Waals surface area contributed by atoms with Gasteiger partial charge >= 0.3 is 0 Å². The molecule has 1 fully saturated rings. The number of anilines is 2. The van der Waals surface area contributed by atoms with E-state index in [0.717, 1.165) is 29.0 Å². The van der Waals surface area contributed by atoms with Crippen LogP contribution in [0.5, 0.6) is 0 Å². The quantitative estimate of drug-likeness (QED) is 0.900. The zero-order chi connectivity index (χ0) is 17.3. The maximum Gasteiger partial charge on any atom is 0.271 e. The highest BCUT2D eigenvalue weighted by Gasteiger charge is 2.22. The predicted octanol–water partition coefficient (Wildman–Crippen LogP) is 3.68. The molecule has 0 unspecified atom stereocenters. The van der Waals surface area contributed by atoms with Crippen molar-refractivity contribution in [3.8, 4) is 0 Å². The number of hydrogen-bond donors (Lipinski definition) is 1. The molecule has 1 N–H and O–H groups in total. The minimum atomic E-state index is -3.60. The lowest BCUT2D eigenvalue weighted by molar-refractivity contribution is -0.119. The summed E-state index contributed by atoms with van der Waals surface area (Å²) in [5.41, 5.74) is 2.21. The molecule has 5 nitrogen and oxygen atoms in total. The third-order valence-corrected chi connectivity index (χ3v) is 6.93. The van der Waals surface area contributed by atoms with Crippen LogP contribution < -0.4 is 9.62 Å². The van der Waals surface area contributed by atoms with E-state index in [9.17, 15) is 13.2 Å². The second kappa shape index (κ2) is 6.57. The van der Waals surface area contributed by atoms with Crippen LogP contribution in [0.15, 0.2) is 34.5 Å². The van der Waals surface area contributed by atoms with Crippen LogP contribution in [0, 0.1) is 13.8 Å². The van der Waals surface area contributed by atoms with Crippen LogP contribution in [0.1, 0.15) is 29.7 Å². The van der Waals surface area contributed by atoms with E-state index < -0.39 is 10.0 Å². The van der Waals surface area contributed by atoms with Crippen LogP contribution in [0.4, 0.5) is 11.4 Å². The molecular weight excluding hydrogens is 344 g/mol. The van der Waals surface area contributed by atoms with Crippen LogP contribution in [-0.4, -0.2) is 20.9 Å². The molecule has 2 heterocycles. The van der Waals surface area contributed by atoms with Gasteiger partial charge in [0.2, 0.25) is 5.91 Å². The first-order chi connectivity index (χ1) is 11.4. The number of benzene rings is 1. The Hall–Kier alpha value is -1.86. The number of amides is 1. The van der Waals surface area contributed by atoms with Crippen molar-refractivity contribution in [3.63, 3.8) is 0 Å². The predicted molar refractivity (Wildman–Crippen MR) is 97.2 cm³/mol. The number of aryl methyl sites for hydroxylation is 2. The second-order valence-corrected chi connectivity index (χ2v) is 9.17. The standard InChI is InChI=1S/C17H20N2O3S2/c1-12-6-8-14(11-15(12)19-10-4-3-5-16(19)20)18-24(21,22)17-9-7-13(2)23-17/h6-9,11,18H,3-5,10H2,1-2H3. The van der Waals surface area contributed by atoms with Gasteiger partial charge in [-0.1, -0.05) is 6.07 Å². The van der Waals surface area contributed by atoms with E-state index in [1.165, 1.54) is 11.3 Å². The third-order valence-electron chi connectivity index (χ3n) is 4.06. The van der Waals surface area contributed by atoms with E-state index >= 15 is 0 Å². The Morgan fingerprint density at radius 2 is 1.92 bits per heavy atom. The van der Waals surface area contributed by atoms with Crippen LogP contribution in [0.3, 0.4) is 0 Å². The van der Waals surface area contributed by atoms with Crippen molar-refractivity contribution in [2.75, 3.05) is 16.2 Å². The summed E-state index contributed by atoms with van der Waals surface area (Å²) < 4.78 is 27.8. The van der Waals surface area contributed by atoms with Crippen molar-refractivity contribution < 1.29 is 13.2 Å². The van der Waals surface area contributed by atoms with E-state index in [4.69, 9.17) is 0 Å². The fourth-order valence-electron chi connectivity index (χ4n) is 2.79. The molecular formula is C17H20N2O3S2. The van der Waals surface area contributed by atoms with Crippen molar-refractivity contribution in [3.05, 3.63) is 40.8 Å². The molecule has 2 aromatic rings. The number of carbonyl (C=O) groups excluding carboxylic acids is 1. The Labute approximate surface area is 146 Å². The fraction of sp³-hybridized carbons (Fsp3) is 0.353. The lowest BCUT2D eigenvalue weighted by atomic mass is 10.1. The smallest absolute Gasteiger partial charge is 0.271 e. The van der Waals surface area contributed by atoms with Crippen LogP contribution in [0.25, 0.3) is 0 Å². The first kappa shape index (κ1) is 17.0. The Balaban J connectivity index is 1.90. The lowest BCUT2D eigenvalue weighted by Gasteiger charge is -2.28. The van der Waals surface area contributed by atoms with Crippen molar-refractivity contribution >= 4 is 38.6 Å². The maximum atomic E-state index is 12.5. The van der Waals surface area contributed by atoms with Crippen molar-refractivity contribution in [2.24, 2.45) is 0 Å². The summed E-state index contributed by atoms with van der Waals surface area (Å²) in [7, 11) is -3.60. The summed E-state index contributed by atoms with van der Waals surface area (Å²) in [6.45, 7) is 4.48. The largest absolute Gasteiger partial charge is 0.312 e. The Morgan fingerprint density at radius 1 is 1.12 bits per heavy atom. The van der Waals surface area contributed by atoms with Crippen LogP contribution in [0.2, 0.25) is 0 Å². The number of carbonyl (C=O) groups is 1. The molecule has 1 amide bonds. The lowest BCUT2D eigenvalue weighted by Crippen LogP contribution is -2.35. The highest BCUT2D eigenvalue weighted by molar-refractivity contribution is 7.94. The van der Waals surface area contributed by atoms with Gasteiger partial charge in [-0.2, -0.15) is 0 Å². The minimum Gasteiger partial charge on any atom is -0.312 e. The molecule has 1 aliphatic rings. The van der Waals surface area contributed by atoms with Gasteiger partial charge in [0, 0.05) is 23.5 Å². The topological polar surface area (TPSA) is 66.5 Å². The number of thiophene rings is 1. The molecule has 128 valence electrons. The van der Waals surface area contributed by atoms with Gasteiger partial charge in [0.05, 0.1) is 5.69 Å². The molecule has 7 heteroatoms. The van der Waals surface area contributed by atoms with Gasteiger partial charge in [0.15, 0.2) is 0 Å². The molecule has 1 aliphatic heterocycles. The molecule has 3 rings (SSSR count). The normalized spacial score (nSPS) is 15.6. The van der Waals surface area contributed by atoms with Crippen molar-refractivity contribution in [2.45, 2.75) is 37.3 Å². The van der Waals surface area contributed by atoms with Gasteiger partial charge in [0.25, 0.3) is 10.0 Å². The molecule has 1 aromatic heterocycles. The summed E-state index contributed by atoms with van der Waals surface area (Å²) in [5.74, 6) is 0.0956. The molecule has 0 atom stereocenters. The van der Waals surface area contributed by atoms with Gasteiger partial charge < -0.3 is 4.90 Å². The number of nitrogens with one attached hydrogen (secondary N) is 1. The fourth-order valence-corrected chi connectivity index (χ4v) is 5.12. The molecule has 24 heavy (non-hydrogen) atoms. The van der Waals surface area contributed by atoms with Crippen LogP contribution in [-0.2, 0) is 14.8 Å². The van der Waals surface area contributed by atoms with Gasteiger partial charge in [-0.15, -0.1) is 11.3 Å². The summed E-state index contributed by atoms with van der Waals surface area (Å²) in [6, 6.07) is 8.70. The number of nitrogens with zero attached hydrogens (tertiary/aromatic N) is 1. The summed E-state index contributed by atoms with van der Waals surface area (Å²) >= 11 is 1.23. The van der Waals surface area contributed by atoms with Gasteiger partial charge in [-0.3, -0.25) is 9.52 Å². The molecule has 1 saturated heterocycles.